The zero-order valence-corrected chi connectivity index (χ0v) is 12.8. The highest BCUT2D eigenvalue weighted by atomic mass is 32.2. The third-order valence-corrected chi connectivity index (χ3v) is 4.77. The van der Waals surface area contributed by atoms with Crippen molar-refractivity contribution in [1.29, 1.82) is 0 Å². The van der Waals surface area contributed by atoms with Crippen LogP contribution in [0.3, 0.4) is 0 Å². The highest BCUT2D eigenvalue weighted by Gasteiger charge is 2.26. The standard InChI is InChI=1S/C14H20N2O4S/c1-2-20-11-6-8-12(9-7-11)21(18,19)16-13-5-3-4-10-15-14(13)17/h6-9,13,16H,2-5,10H2,1H3,(H,15,17). The van der Waals surface area contributed by atoms with E-state index in [1.807, 2.05) is 6.92 Å². The Morgan fingerprint density at radius 1 is 1.29 bits per heavy atom. The lowest BCUT2D eigenvalue weighted by molar-refractivity contribution is -0.122. The summed E-state index contributed by atoms with van der Waals surface area (Å²) in [6.45, 7) is 2.98. The molecule has 0 radical (unpaired) electrons. The van der Waals surface area contributed by atoms with Crippen molar-refractivity contribution >= 4 is 15.9 Å². The quantitative estimate of drug-likeness (QED) is 0.850. The molecule has 1 aromatic carbocycles. The van der Waals surface area contributed by atoms with Gasteiger partial charge >= 0.3 is 0 Å². The fraction of sp³-hybridized carbons (Fsp3) is 0.500. The molecule has 21 heavy (non-hydrogen) atoms. The van der Waals surface area contributed by atoms with Gasteiger partial charge in [0.05, 0.1) is 11.5 Å². The van der Waals surface area contributed by atoms with E-state index in [2.05, 4.69) is 10.0 Å². The average molecular weight is 312 g/mol. The summed E-state index contributed by atoms with van der Waals surface area (Å²) >= 11 is 0. The van der Waals surface area contributed by atoms with Gasteiger partial charge < -0.3 is 10.1 Å². The first-order chi connectivity index (χ1) is 10.0. The van der Waals surface area contributed by atoms with E-state index in [0.717, 1.165) is 12.8 Å². The smallest absolute Gasteiger partial charge is 0.241 e. The van der Waals surface area contributed by atoms with Crippen molar-refractivity contribution in [3.63, 3.8) is 0 Å². The number of amides is 1. The molecule has 116 valence electrons. The molecule has 1 aliphatic rings. The van der Waals surface area contributed by atoms with E-state index >= 15 is 0 Å². The van der Waals surface area contributed by atoms with Crippen LogP contribution in [0.2, 0.25) is 0 Å². The summed E-state index contributed by atoms with van der Waals surface area (Å²) < 4.78 is 32.3. The number of carbonyl (C=O) groups excluding carboxylic acids is 1. The van der Waals surface area contributed by atoms with Crippen molar-refractivity contribution in [3.05, 3.63) is 24.3 Å². The maximum Gasteiger partial charge on any atom is 0.241 e. The molecule has 1 aromatic rings. The molecule has 0 spiro atoms. The topological polar surface area (TPSA) is 84.5 Å². The van der Waals surface area contributed by atoms with Gasteiger partial charge in [-0.2, -0.15) is 4.72 Å². The SMILES string of the molecule is CCOc1ccc(S(=O)(=O)NC2CCCCNC2=O)cc1. The van der Waals surface area contributed by atoms with Gasteiger partial charge in [-0.3, -0.25) is 4.79 Å². The zero-order valence-electron chi connectivity index (χ0n) is 12.0. The van der Waals surface area contributed by atoms with Gasteiger partial charge in [-0.1, -0.05) is 0 Å². The summed E-state index contributed by atoms with van der Waals surface area (Å²) in [7, 11) is -3.71. The number of sulfonamides is 1. The second-order valence-electron chi connectivity index (χ2n) is 4.87. The van der Waals surface area contributed by atoms with Gasteiger partial charge in [0.15, 0.2) is 0 Å². The Morgan fingerprint density at radius 3 is 2.67 bits per heavy atom. The van der Waals surface area contributed by atoms with E-state index in [1.165, 1.54) is 12.1 Å². The first-order valence-corrected chi connectivity index (χ1v) is 8.54. The van der Waals surface area contributed by atoms with E-state index in [9.17, 15) is 13.2 Å². The summed E-state index contributed by atoms with van der Waals surface area (Å²) in [4.78, 5) is 11.9. The van der Waals surface area contributed by atoms with Gasteiger partial charge in [-0.25, -0.2) is 8.42 Å². The van der Waals surface area contributed by atoms with Crippen molar-refractivity contribution in [2.24, 2.45) is 0 Å². The zero-order chi connectivity index (χ0) is 15.3. The number of hydrogen-bond acceptors (Lipinski definition) is 4. The van der Waals surface area contributed by atoms with Gasteiger partial charge in [-0.05, 0) is 50.5 Å². The van der Waals surface area contributed by atoms with Gasteiger partial charge in [0.25, 0.3) is 0 Å². The molecule has 6 nitrogen and oxygen atoms in total. The molecule has 1 amide bonds. The van der Waals surface area contributed by atoms with Crippen LogP contribution in [0, 0.1) is 0 Å². The molecule has 2 rings (SSSR count). The van der Waals surface area contributed by atoms with Crippen LogP contribution in [0.15, 0.2) is 29.2 Å². The Hall–Kier alpha value is -1.60. The summed E-state index contributed by atoms with van der Waals surface area (Å²) in [6, 6.07) is 5.45. The van der Waals surface area contributed by atoms with Crippen LogP contribution in [-0.4, -0.2) is 33.5 Å². The second-order valence-corrected chi connectivity index (χ2v) is 6.58. The molecule has 1 unspecified atom stereocenters. The van der Waals surface area contributed by atoms with E-state index in [4.69, 9.17) is 4.74 Å². The number of ether oxygens (including phenoxy) is 1. The van der Waals surface area contributed by atoms with E-state index in [0.29, 0.717) is 25.3 Å². The lowest BCUT2D eigenvalue weighted by Crippen LogP contribution is -2.45. The van der Waals surface area contributed by atoms with E-state index in [-0.39, 0.29) is 10.8 Å². The Balaban J connectivity index is 2.11. The average Bonchev–Trinajstić information content (AvgIpc) is 2.65. The molecule has 1 saturated heterocycles. The lowest BCUT2D eigenvalue weighted by Gasteiger charge is -2.15. The number of nitrogens with one attached hydrogen (secondary N) is 2. The molecular formula is C14H20N2O4S. The molecule has 1 aliphatic heterocycles. The number of hydrogen-bond donors (Lipinski definition) is 2. The van der Waals surface area contributed by atoms with Crippen LogP contribution in [0.1, 0.15) is 26.2 Å². The van der Waals surface area contributed by atoms with Crippen molar-refractivity contribution in [1.82, 2.24) is 10.0 Å². The maximum atomic E-state index is 12.3. The molecular weight excluding hydrogens is 292 g/mol. The Bertz CT molecular complexity index is 583. The van der Waals surface area contributed by atoms with Crippen molar-refractivity contribution in [2.75, 3.05) is 13.2 Å². The van der Waals surface area contributed by atoms with Crippen LogP contribution < -0.4 is 14.8 Å². The van der Waals surface area contributed by atoms with Gasteiger partial charge in [0.1, 0.15) is 11.8 Å². The monoisotopic (exact) mass is 312 g/mol. The number of carbonyl (C=O) groups is 1. The fourth-order valence-corrected chi connectivity index (χ4v) is 3.42. The van der Waals surface area contributed by atoms with Gasteiger partial charge in [0, 0.05) is 6.54 Å². The fourth-order valence-electron chi connectivity index (χ4n) is 2.19. The van der Waals surface area contributed by atoms with Crippen molar-refractivity contribution < 1.29 is 17.9 Å². The Kier molecular flexibility index (Phi) is 5.19. The Labute approximate surface area is 124 Å². The van der Waals surface area contributed by atoms with Crippen molar-refractivity contribution in [3.8, 4) is 5.75 Å². The van der Waals surface area contributed by atoms with Crippen LogP contribution >= 0.6 is 0 Å². The van der Waals surface area contributed by atoms with E-state index in [1.54, 1.807) is 12.1 Å². The molecule has 0 saturated carbocycles. The Morgan fingerprint density at radius 2 is 2.00 bits per heavy atom. The van der Waals surface area contributed by atoms with Crippen LogP contribution in [-0.2, 0) is 14.8 Å². The van der Waals surface area contributed by atoms with E-state index < -0.39 is 16.1 Å². The predicted molar refractivity (Wildman–Crippen MR) is 78.6 cm³/mol. The summed E-state index contributed by atoms with van der Waals surface area (Å²) in [5.41, 5.74) is 0. The summed E-state index contributed by atoms with van der Waals surface area (Å²) in [5, 5.41) is 2.71. The summed E-state index contributed by atoms with van der Waals surface area (Å²) in [6.07, 6.45) is 2.20. The minimum absolute atomic E-state index is 0.128. The van der Waals surface area contributed by atoms with Crippen molar-refractivity contribution in [2.45, 2.75) is 37.1 Å². The molecule has 0 aromatic heterocycles. The van der Waals surface area contributed by atoms with Gasteiger partial charge in [0.2, 0.25) is 15.9 Å². The minimum Gasteiger partial charge on any atom is -0.494 e. The van der Waals surface area contributed by atoms with Gasteiger partial charge in [-0.15, -0.1) is 0 Å². The first kappa shape index (κ1) is 15.8. The first-order valence-electron chi connectivity index (χ1n) is 7.06. The third kappa shape index (κ3) is 4.18. The minimum atomic E-state index is -3.71. The molecule has 2 N–H and O–H groups in total. The maximum absolute atomic E-state index is 12.3. The van der Waals surface area contributed by atoms with Crippen LogP contribution in [0.25, 0.3) is 0 Å². The molecule has 1 atom stereocenters. The molecule has 0 aliphatic carbocycles. The molecule has 0 bridgehead atoms. The normalized spacial score (nSPS) is 19.7. The predicted octanol–water partition coefficient (Wildman–Crippen LogP) is 1.03. The largest absolute Gasteiger partial charge is 0.494 e. The highest BCUT2D eigenvalue weighted by molar-refractivity contribution is 7.89. The number of rotatable bonds is 5. The van der Waals surface area contributed by atoms with Crippen LogP contribution in [0.4, 0.5) is 0 Å². The third-order valence-electron chi connectivity index (χ3n) is 3.28. The van der Waals surface area contributed by atoms with Crippen LogP contribution in [0.5, 0.6) is 5.75 Å². The second kappa shape index (κ2) is 6.91. The lowest BCUT2D eigenvalue weighted by atomic mass is 10.1. The summed E-state index contributed by atoms with van der Waals surface area (Å²) in [5.74, 6) is 0.352. The molecule has 1 heterocycles. The molecule has 7 heteroatoms. The highest BCUT2D eigenvalue weighted by Crippen LogP contribution is 2.17. The number of benzene rings is 1. The molecule has 1 fully saturated rings.